The number of carbonyl (C=O) groups excluding carboxylic acids is 1. The summed E-state index contributed by atoms with van der Waals surface area (Å²) in [6, 6.07) is 16.3. The second kappa shape index (κ2) is 6.15. The topological polar surface area (TPSA) is 54.4 Å². The number of aryl methyl sites for hydroxylation is 1. The number of hydrogen-bond donors (Lipinski definition) is 1. The molecular weight excluding hydrogens is 252 g/mol. The largest absolute Gasteiger partial charge is 0.481 e. The Labute approximate surface area is 117 Å². The number of benzene rings is 2. The summed E-state index contributed by atoms with van der Waals surface area (Å²) in [6.07, 6.45) is -0.198. The predicted octanol–water partition coefficient (Wildman–Crippen LogP) is 3.44. The van der Waals surface area contributed by atoms with E-state index in [1.54, 1.807) is 24.3 Å². The number of rotatable bonds is 5. The summed E-state index contributed by atoms with van der Waals surface area (Å²) in [4.78, 5) is 23.5. The van der Waals surface area contributed by atoms with Crippen molar-refractivity contribution in [2.45, 2.75) is 19.3 Å². The van der Waals surface area contributed by atoms with Crippen molar-refractivity contribution in [2.24, 2.45) is 0 Å². The van der Waals surface area contributed by atoms with Crippen molar-refractivity contribution in [2.75, 3.05) is 0 Å². The molecule has 3 nitrogen and oxygen atoms in total. The van der Waals surface area contributed by atoms with Crippen LogP contribution >= 0.6 is 0 Å². The Bertz CT molecular complexity index is 600. The molecule has 2 aromatic rings. The van der Waals surface area contributed by atoms with E-state index in [-0.39, 0.29) is 12.2 Å². The van der Waals surface area contributed by atoms with Gasteiger partial charge in [0.1, 0.15) is 0 Å². The number of hydrogen-bond acceptors (Lipinski definition) is 2. The van der Waals surface area contributed by atoms with Crippen LogP contribution in [0.15, 0.2) is 54.6 Å². The molecule has 0 aliphatic heterocycles. The molecule has 2 aromatic carbocycles. The lowest BCUT2D eigenvalue weighted by molar-refractivity contribution is -0.137. The number of carbonyl (C=O) groups is 2. The van der Waals surface area contributed by atoms with Gasteiger partial charge in [-0.25, -0.2) is 0 Å². The van der Waals surface area contributed by atoms with Crippen molar-refractivity contribution in [3.8, 4) is 0 Å². The fraction of sp³-hybridized carbons (Fsp3) is 0.176. The lowest BCUT2D eigenvalue weighted by atomic mass is 9.88. The number of carboxylic acid groups (broad SMARTS) is 1. The minimum absolute atomic E-state index is 0.154. The Kier molecular flexibility index (Phi) is 4.31. The monoisotopic (exact) mass is 268 g/mol. The van der Waals surface area contributed by atoms with Crippen LogP contribution < -0.4 is 0 Å². The number of Topliss-reactive ketones (excluding diaryl/α,β-unsaturated/α-hetero) is 1. The highest BCUT2D eigenvalue weighted by Crippen LogP contribution is 2.24. The zero-order chi connectivity index (χ0) is 14.5. The molecule has 3 heteroatoms. The first-order chi connectivity index (χ1) is 9.58. The molecule has 102 valence electrons. The lowest BCUT2D eigenvalue weighted by Gasteiger charge is -2.14. The van der Waals surface area contributed by atoms with Crippen LogP contribution in [0.4, 0.5) is 0 Å². The van der Waals surface area contributed by atoms with Crippen LogP contribution in [-0.4, -0.2) is 16.9 Å². The highest BCUT2D eigenvalue weighted by molar-refractivity contribution is 6.02. The van der Waals surface area contributed by atoms with Crippen molar-refractivity contribution in [3.63, 3.8) is 0 Å². The SMILES string of the molecule is Cc1ccc(C(=O)C(CC(=O)O)c2ccccc2)cc1. The van der Waals surface area contributed by atoms with Gasteiger partial charge in [-0.2, -0.15) is 0 Å². The molecule has 0 fully saturated rings. The van der Waals surface area contributed by atoms with Gasteiger partial charge in [0.15, 0.2) is 5.78 Å². The van der Waals surface area contributed by atoms with Crippen molar-refractivity contribution in [1.29, 1.82) is 0 Å². The van der Waals surface area contributed by atoms with Crippen LogP contribution in [0.3, 0.4) is 0 Å². The molecule has 0 aromatic heterocycles. The van der Waals surface area contributed by atoms with Crippen molar-refractivity contribution >= 4 is 11.8 Å². The lowest BCUT2D eigenvalue weighted by Crippen LogP contribution is -2.17. The first kappa shape index (κ1) is 14.0. The van der Waals surface area contributed by atoms with Crippen molar-refractivity contribution in [3.05, 3.63) is 71.3 Å². The summed E-state index contributed by atoms with van der Waals surface area (Å²) in [5.41, 5.74) is 2.35. The van der Waals surface area contributed by atoms with E-state index < -0.39 is 11.9 Å². The second-order valence-electron chi connectivity index (χ2n) is 4.79. The van der Waals surface area contributed by atoms with E-state index in [4.69, 9.17) is 5.11 Å². The minimum atomic E-state index is -0.973. The van der Waals surface area contributed by atoms with E-state index in [0.29, 0.717) is 5.56 Å². The number of ketones is 1. The third kappa shape index (κ3) is 3.32. The van der Waals surface area contributed by atoms with Crippen LogP contribution in [0.1, 0.15) is 33.8 Å². The number of carboxylic acids is 1. The zero-order valence-electron chi connectivity index (χ0n) is 11.2. The maximum absolute atomic E-state index is 12.5. The molecule has 0 saturated carbocycles. The Morgan fingerprint density at radius 3 is 2.15 bits per heavy atom. The second-order valence-corrected chi connectivity index (χ2v) is 4.79. The van der Waals surface area contributed by atoms with E-state index in [0.717, 1.165) is 11.1 Å². The van der Waals surface area contributed by atoms with Crippen LogP contribution in [0.5, 0.6) is 0 Å². The van der Waals surface area contributed by atoms with Gasteiger partial charge in [0.2, 0.25) is 0 Å². The van der Waals surface area contributed by atoms with Gasteiger partial charge in [-0.15, -0.1) is 0 Å². The zero-order valence-corrected chi connectivity index (χ0v) is 11.2. The fourth-order valence-corrected chi connectivity index (χ4v) is 2.14. The molecule has 0 bridgehead atoms. The summed E-state index contributed by atoms with van der Waals surface area (Å²) >= 11 is 0. The Morgan fingerprint density at radius 2 is 1.60 bits per heavy atom. The van der Waals surface area contributed by atoms with Crippen LogP contribution in [0.2, 0.25) is 0 Å². The van der Waals surface area contributed by atoms with E-state index >= 15 is 0 Å². The van der Waals surface area contributed by atoms with E-state index in [1.807, 2.05) is 37.3 Å². The third-order valence-electron chi connectivity index (χ3n) is 3.23. The maximum Gasteiger partial charge on any atom is 0.304 e. The van der Waals surface area contributed by atoms with Gasteiger partial charge in [0, 0.05) is 5.56 Å². The van der Waals surface area contributed by atoms with Gasteiger partial charge in [-0.1, -0.05) is 60.2 Å². The van der Waals surface area contributed by atoms with Crippen LogP contribution in [-0.2, 0) is 4.79 Å². The molecule has 0 amide bonds. The first-order valence-corrected chi connectivity index (χ1v) is 6.45. The van der Waals surface area contributed by atoms with Crippen molar-refractivity contribution in [1.82, 2.24) is 0 Å². The Hall–Kier alpha value is -2.42. The molecule has 20 heavy (non-hydrogen) atoms. The summed E-state index contributed by atoms with van der Waals surface area (Å²) in [5, 5.41) is 9.03. The molecule has 0 heterocycles. The molecule has 0 radical (unpaired) electrons. The molecule has 0 aliphatic rings. The van der Waals surface area contributed by atoms with Gasteiger partial charge in [-0.05, 0) is 12.5 Å². The first-order valence-electron chi connectivity index (χ1n) is 6.45. The summed E-state index contributed by atoms with van der Waals surface area (Å²) in [6.45, 7) is 1.94. The van der Waals surface area contributed by atoms with Gasteiger partial charge in [0.25, 0.3) is 0 Å². The molecule has 0 spiro atoms. The van der Waals surface area contributed by atoms with Gasteiger partial charge < -0.3 is 5.11 Å². The quantitative estimate of drug-likeness (QED) is 0.845. The average Bonchev–Trinajstić information content (AvgIpc) is 2.45. The fourth-order valence-electron chi connectivity index (χ4n) is 2.14. The normalized spacial score (nSPS) is 11.8. The maximum atomic E-state index is 12.5. The average molecular weight is 268 g/mol. The summed E-state index contributed by atoms with van der Waals surface area (Å²) in [5.74, 6) is -1.77. The molecule has 2 rings (SSSR count). The van der Waals surface area contributed by atoms with Gasteiger partial charge in [-0.3, -0.25) is 9.59 Å². The predicted molar refractivity (Wildman–Crippen MR) is 76.9 cm³/mol. The molecule has 0 aliphatic carbocycles. The Morgan fingerprint density at radius 1 is 1.00 bits per heavy atom. The standard InChI is InChI=1S/C17H16O3/c1-12-7-9-14(10-8-12)17(20)15(11-16(18)19)13-5-3-2-4-6-13/h2-10,15H,11H2,1H3,(H,18,19). The highest BCUT2D eigenvalue weighted by atomic mass is 16.4. The molecule has 1 atom stereocenters. The molecule has 1 unspecified atom stereocenters. The van der Waals surface area contributed by atoms with Crippen LogP contribution in [0.25, 0.3) is 0 Å². The van der Waals surface area contributed by atoms with E-state index in [2.05, 4.69) is 0 Å². The molecule has 1 N–H and O–H groups in total. The van der Waals surface area contributed by atoms with E-state index in [1.165, 1.54) is 0 Å². The van der Waals surface area contributed by atoms with E-state index in [9.17, 15) is 9.59 Å². The summed E-state index contributed by atoms with van der Waals surface area (Å²) < 4.78 is 0. The van der Waals surface area contributed by atoms with Crippen molar-refractivity contribution < 1.29 is 14.7 Å². The smallest absolute Gasteiger partial charge is 0.304 e. The highest BCUT2D eigenvalue weighted by Gasteiger charge is 2.24. The minimum Gasteiger partial charge on any atom is -0.481 e. The van der Waals surface area contributed by atoms with Crippen LogP contribution in [0, 0.1) is 6.92 Å². The number of aliphatic carboxylic acids is 1. The van der Waals surface area contributed by atoms with Gasteiger partial charge in [0.05, 0.1) is 12.3 Å². The van der Waals surface area contributed by atoms with Gasteiger partial charge >= 0.3 is 5.97 Å². The summed E-state index contributed by atoms with van der Waals surface area (Å²) in [7, 11) is 0. The third-order valence-corrected chi connectivity index (χ3v) is 3.23. The molecule has 0 saturated heterocycles. The Balaban J connectivity index is 2.34. The molecular formula is C17H16O3.